The molecule has 3 saturated heterocycles. The highest BCUT2D eigenvalue weighted by molar-refractivity contribution is 6.25. The van der Waals surface area contributed by atoms with Crippen LogP contribution in [0, 0.1) is 5.92 Å². The predicted octanol–water partition coefficient (Wildman–Crippen LogP) is 2.39. The third kappa shape index (κ3) is 8.04. The number of carbonyl (C=O) groups excluding carboxylic acids is 4. The van der Waals surface area contributed by atoms with Crippen molar-refractivity contribution in [3.05, 3.63) is 41.6 Å². The maximum atomic E-state index is 13.7. The zero-order chi connectivity index (χ0) is 30.4. The first-order valence-electron chi connectivity index (χ1n) is 14.4. The molecule has 2 N–H and O–H groups in total. The van der Waals surface area contributed by atoms with Gasteiger partial charge in [-0.05, 0) is 70.7 Å². The minimum Gasteiger partial charge on any atom is -0.458 e. The Balaban J connectivity index is 1.54. The fraction of sp³-hybridized carbons (Fsp3) is 0.567. The molecule has 0 spiro atoms. The van der Waals surface area contributed by atoms with E-state index in [1.807, 2.05) is 42.1 Å². The monoisotopic (exact) mass is 580 g/mol. The van der Waals surface area contributed by atoms with Gasteiger partial charge >= 0.3 is 18.3 Å². The molecule has 12 heteroatoms. The molecule has 2 aromatic rings. The van der Waals surface area contributed by atoms with Gasteiger partial charge in [0.2, 0.25) is 11.7 Å². The van der Waals surface area contributed by atoms with Crippen LogP contribution in [0.2, 0.25) is 0 Å². The van der Waals surface area contributed by atoms with Crippen LogP contribution in [-0.2, 0) is 37.3 Å². The van der Waals surface area contributed by atoms with Gasteiger partial charge in [-0.3, -0.25) is 14.5 Å². The summed E-state index contributed by atoms with van der Waals surface area (Å²) in [6, 6.07) is 5.48. The van der Waals surface area contributed by atoms with E-state index in [0.29, 0.717) is 12.5 Å². The lowest BCUT2D eigenvalue weighted by Crippen LogP contribution is -2.56. The van der Waals surface area contributed by atoms with Crippen molar-refractivity contribution in [2.24, 2.45) is 13.0 Å². The van der Waals surface area contributed by atoms with Crippen molar-refractivity contribution in [1.29, 1.82) is 0 Å². The SMILES string of the molecule is Cn1cc(C[C@H](NC(=O)OC2CN3CCC2CC3)C(=O)N[C@@H](CCC(=O)C=[N+]=[N-])C(=O)OC(C)(C)C)c2ccccc21. The number of aromatic nitrogens is 1. The van der Waals surface area contributed by atoms with Gasteiger partial charge in [-0.2, -0.15) is 4.79 Å². The number of nitrogens with one attached hydrogen (secondary N) is 2. The summed E-state index contributed by atoms with van der Waals surface area (Å²) in [7, 11) is 1.90. The first-order chi connectivity index (χ1) is 19.9. The van der Waals surface area contributed by atoms with Crippen LogP contribution in [0.5, 0.6) is 0 Å². The molecule has 4 heterocycles. The van der Waals surface area contributed by atoms with Crippen LogP contribution in [0.15, 0.2) is 30.5 Å². The van der Waals surface area contributed by atoms with Gasteiger partial charge in [-0.25, -0.2) is 9.59 Å². The highest BCUT2D eigenvalue weighted by Gasteiger charge is 2.37. The van der Waals surface area contributed by atoms with Gasteiger partial charge in [-0.1, -0.05) is 18.2 Å². The van der Waals surface area contributed by atoms with E-state index in [0.717, 1.165) is 48.6 Å². The first-order valence-corrected chi connectivity index (χ1v) is 14.4. The van der Waals surface area contributed by atoms with E-state index >= 15 is 0 Å². The molecule has 3 atom stereocenters. The number of aryl methyl sites for hydroxylation is 1. The van der Waals surface area contributed by atoms with Crippen LogP contribution in [0.1, 0.15) is 52.0 Å². The van der Waals surface area contributed by atoms with Gasteiger partial charge in [0.15, 0.2) is 0 Å². The average Bonchev–Trinajstić information content (AvgIpc) is 3.25. The van der Waals surface area contributed by atoms with Gasteiger partial charge < -0.3 is 30.2 Å². The Morgan fingerprint density at radius 3 is 2.48 bits per heavy atom. The van der Waals surface area contributed by atoms with E-state index in [4.69, 9.17) is 15.0 Å². The number of piperidine rings is 3. The number of fused-ring (bicyclic) bond motifs is 4. The quantitative estimate of drug-likeness (QED) is 0.179. The first kappa shape index (κ1) is 30.9. The summed E-state index contributed by atoms with van der Waals surface area (Å²) in [5, 5.41) is 6.37. The molecule has 2 bridgehead atoms. The molecule has 0 aliphatic carbocycles. The molecular formula is C30H40N6O6. The van der Waals surface area contributed by atoms with E-state index in [1.54, 1.807) is 20.8 Å². The Morgan fingerprint density at radius 1 is 1.12 bits per heavy atom. The Morgan fingerprint density at radius 2 is 1.83 bits per heavy atom. The number of ether oxygens (including phenoxy) is 2. The van der Waals surface area contributed by atoms with Crippen molar-refractivity contribution < 1.29 is 33.4 Å². The molecule has 226 valence electrons. The maximum absolute atomic E-state index is 13.7. The van der Waals surface area contributed by atoms with Gasteiger partial charge in [-0.15, -0.1) is 0 Å². The number of benzene rings is 1. The molecule has 1 aromatic heterocycles. The summed E-state index contributed by atoms with van der Waals surface area (Å²) >= 11 is 0. The number of hydrogen-bond acceptors (Lipinski definition) is 7. The fourth-order valence-corrected chi connectivity index (χ4v) is 5.69. The van der Waals surface area contributed by atoms with Gasteiger partial charge in [0.1, 0.15) is 23.8 Å². The lowest BCUT2D eigenvalue weighted by molar-refractivity contribution is -0.159. The van der Waals surface area contributed by atoms with E-state index < -0.39 is 41.4 Å². The Bertz CT molecular complexity index is 1370. The van der Waals surface area contributed by atoms with Crippen LogP contribution in [0.25, 0.3) is 16.4 Å². The standard InChI is InChI=1S/C30H40N6O6/c1-30(2,3)42-28(39)23(10-9-21(37)16-32-31)33-27(38)24(15-20-17-35(4)25-8-6-5-7-22(20)25)34-29(40)41-26-18-36-13-11-19(26)12-14-36/h5-8,16-17,19,23-24,26H,9-15,18H2,1-4H3,(H,33,38)(H,34,40)/t23-,24-,26?/m0/s1. The Hall–Kier alpha value is -4.02. The molecule has 12 nitrogen and oxygen atoms in total. The van der Waals surface area contributed by atoms with Crippen molar-refractivity contribution in [3.63, 3.8) is 0 Å². The van der Waals surface area contributed by atoms with Crippen LogP contribution < -0.4 is 10.6 Å². The van der Waals surface area contributed by atoms with Crippen LogP contribution in [-0.4, -0.2) is 87.6 Å². The second kappa shape index (κ2) is 13.3. The summed E-state index contributed by atoms with van der Waals surface area (Å²) in [6.07, 6.45) is 3.52. The molecule has 42 heavy (non-hydrogen) atoms. The summed E-state index contributed by atoms with van der Waals surface area (Å²) in [6.45, 7) is 7.76. The number of nitrogens with zero attached hydrogens (tertiary/aromatic N) is 4. The zero-order valence-corrected chi connectivity index (χ0v) is 24.7. The number of esters is 1. The van der Waals surface area contributed by atoms with Crippen LogP contribution in [0.4, 0.5) is 4.79 Å². The lowest BCUT2D eigenvalue weighted by Gasteiger charge is -2.43. The summed E-state index contributed by atoms with van der Waals surface area (Å²) in [5.74, 6) is -1.56. The van der Waals surface area contributed by atoms with Gasteiger partial charge in [0, 0.05) is 43.5 Å². The lowest BCUT2D eigenvalue weighted by atomic mass is 9.86. The van der Waals surface area contributed by atoms with Crippen LogP contribution in [0.3, 0.4) is 0 Å². The second-order valence-electron chi connectivity index (χ2n) is 12.1. The molecule has 0 radical (unpaired) electrons. The van der Waals surface area contributed by atoms with Gasteiger partial charge in [0.05, 0.1) is 0 Å². The van der Waals surface area contributed by atoms with Crippen LogP contribution >= 0.6 is 0 Å². The molecule has 0 saturated carbocycles. The largest absolute Gasteiger partial charge is 0.458 e. The fourth-order valence-electron chi connectivity index (χ4n) is 5.69. The molecule has 3 fully saturated rings. The topological polar surface area (TPSA) is 155 Å². The minimum absolute atomic E-state index is 0.0868. The summed E-state index contributed by atoms with van der Waals surface area (Å²) in [4.78, 5) is 56.9. The average molecular weight is 581 g/mol. The zero-order valence-electron chi connectivity index (χ0n) is 24.7. The number of amides is 2. The molecule has 3 aliphatic heterocycles. The summed E-state index contributed by atoms with van der Waals surface area (Å²) in [5.41, 5.74) is 9.63. The third-order valence-corrected chi connectivity index (χ3v) is 7.76. The Labute approximate surface area is 245 Å². The van der Waals surface area contributed by atoms with Crippen molar-refractivity contribution >= 4 is 40.9 Å². The van der Waals surface area contributed by atoms with E-state index in [-0.39, 0.29) is 25.4 Å². The number of carbonyl (C=O) groups is 4. The predicted molar refractivity (Wildman–Crippen MR) is 155 cm³/mol. The number of rotatable bonds is 11. The van der Waals surface area contributed by atoms with E-state index in [2.05, 4.69) is 20.3 Å². The number of para-hydroxylation sites is 1. The molecule has 1 unspecified atom stereocenters. The van der Waals surface area contributed by atoms with E-state index in [9.17, 15) is 19.2 Å². The van der Waals surface area contributed by atoms with Crippen molar-refractivity contribution in [1.82, 2.24) is 20.1 Å². The molecular weight excluding hydrogens is 540 g/mol. The smallest absolute Gasteiger partial charge is 0.408 e. The number of ketones is 1. The Kier molecular flexibility index (Phi) is 9.80. The van der Waals surface area contributed by atoms with E-state index in [1.165, 1.54) is 0 Å². The maximum Gasteiger partial charge on any atom is 0.408 e. The second-order valence-corrected chi connectivity index (χ2v) is 12.1. The molecule has 5 rings (SSSR count). The number of hydrogen-bond donors (Lipinski definition) is 2. The normalized spacial score (nSPS) is 21.1. The molecule has 3 aliphatic rings. The third-order valence-electron chi connectivity index (χ3n) is 7.76. The molecule has 1 aromatic carbocycles. The number of alkyl carbamates (subject to hydrolysis) is 1. The molecule has 2 amide bonds. The highest BCUT2D eigenvalue weighted by atomic mass is 16.6. The van der Waals surface area contributed by atoms with Crippen molar-refractivity contribution in [2.45, 2.75) is 76.7 Å². The van der Waals surface area contributed by atoms with Gasteiger partial charge in [0.25, 0.3) is 0 Å². The summed E-state index contributed by atoms with van der Waals surface area (Å²) < 4.78 is 13.3. The number of Topliss-reactive ketones (excluding diaryl/α,β-unsaturated/α-hetero) is 1. The van der Waals surface area contributed by atoms with Crippen molar-refractivity contribution in [2.75, 3.05) is 19.6 Å². The van der Waals surface area contributed by atoms with Crippen molar-refractivity contribution in [3.8, 4) is 0 Å². The highest BCUT2D eigenvalue weighted by Crippen LogP contribution is 2.29. The minimum atomic E-state index is -1.18.